The lowest BCUT2D eigenvalue weighted by Gasteiger charge is -2.29. The fourth-order valence-electron chi connectivity index (χ4n) is 3.63. The number of hydrogen-bond donors (Lipinski definition) is 2. The summed E-state index contributed by atoms with van der Waals surface area (Å²) in [6.07, 6.45) is 8.06. The summed E-state index contributed by atoms with van der Waals surface area (Å²) < 4.78 is 0. The third kappa shape index (κ3) is 6.14. The molecule has 2 rings (SSSR count). The van der Waals surface area contributed by atoms with Crippen LogP contribution in [-0.4, -0.2) is 10.5 Å². The quantitative estimate of drug-likeness (QED) is 0.479. The maximum Gasteiger partial charge on any atom is 0.0198 e. The molecule has 1 aliphatic carbocycles. The second kappa shape index (κ2) is 9.18. The molecule has 1 aromatic carbocycles. The molecule has 0 bridgehead atoms. The first-order valence-corrected chi connectivity index (χ1v) is 12.2. The van der Waals surface area contributed by atoms with Crippen molar-refractivity contribution in [2.24, 2.45) is 0 Å². The normalized spacial score (nSPS) is 22.8. The van der Waals surface area contributed by atoms with E-state index in [0.29, 0.717) is 10.5 Å². The van der Waals surface area contributed by atoms with E-state index in [1.165, 1.54) is 60.1 Å². The molecule has 0 nitrogen and oxygen atoms in total. The summed E-state index contributed by atoms with van der Waals surface area (Å²) in [7, 11) is 0. The SMILES string of the molecule is CC(C)(C)c1cc(CS[C@H]2CCCCCC[C@@H]2S)c(S)c(C(C)(C)C)c1. The van der Waals surface area contributed by atoms with Crippen LogP contribution < -0.4 is 0 Å². The maximum absolute atomic E-state index is 4.97. The molecule has 26 heavy (non-hydrogen) atoms. The fourth-order valence-corrected chi connectivity index (χ4v) is 6.18. The Morgan fingerprint density at radius 3 is 2.12 bits per heavy atom. The minimum Gasteiger partial charge on any atom is -0.175 e. The molecule has 1 fully saturated rings. The number of thiol groups is 2. The Morgan fingerprint density at radius 2 is 1.54 bits per heavy atom. The topological polar surface area (TPSA) is 0 Å². The summed E-state index contributed by atoms with van der Waals surface area (Å²) in [5.74, 6) is 1.05. The van der Waals surface area contributed by atoms with Crippen LogP contribution in [0.1, 0.15) is 96.8 Å². The van der Waals surface area contributed by atoms with E-state index >= 15 is 0 Å². The molecule has 0 radical (unpaired) electrons. The van der Waals surface area contributed by atoms with Gasteiger partial charge in [-0.1, -0.05) is 79.4 Å². The van der Waals surface area contributed by atoms with Crippen molar-refractivity contribution in [2.45, 2.75) is 112 Å². The minimum absolute atomic E-state index is 0.115. The molecule has 1 aliphatic rings. The molecule has 0 unspecified atom stereocenters. The third-order valence-corrected chi connectivity index (χ3v) is 8.30. The molecule has 3 heteroatoms. The molecular formula is C23H38S3. The van der Waals surface area contributed by atoms with E-state index in [0.717, 1.165) is 5.75 Å². The van der Waals surface area contributed by atoms with Gasteiger partial charge in [-0.25, -0.2) is 0 Å². The van der Waals surface area contributed by atoms with Crippen LogP contribution in [0.2, 0.25) is 0 Å². The van der Waals surface area contributed by atoms with E-state index < -0.39 is 0 Å². The van der Waals surface area contributed by atoms with Gasteiger partial charge >= 0.3 is 0 Å². The highest BCUT2D eigenvalue weighted by Gasteiger charge is 2.25. The average molecular weight is 411 g/mol. The molecule has 0 amide bonds. The second-order valence-corrected chi connectivity index (χ2v) is 12.3. The van der Waals surface area contributed by atoms with Gasteiger partial charge in [0.15, 0.2) is 0 Å². The Morgan fingerprint density at radius 1 is 0.923 bits per heavy atom. The zero-order valence-electron chi connectivity index (χ0n) is 17.6. The van der Waals surface area contributed by atoms with Crippen molar-refractivity contribution in [3.05, 3.63) is 28.8 Å². The summed E-state index contributed by atoms with van der Waals surface area (Å²) in [6.45, 7) is 13.8. The van der Waals surface area contributed by atoms with Gasteiger partial charge in [0.05, 0.1) is 0 Å². The minimum atomic E-state index is 0.115. The van der Waals surface area contributed by atoms with Crippen LogP contribution in [0.4, 0.5) is 0 Å². The van der Waals surface area contributed by atoms with Gasteiger partial charge in [-0.3, -0.25) is 0 Å². The van der Waals surface area contributed by atoms with Gasteiger partial charge in [0, 0.05) is 21.1 Å². The molecule has 1 saturated carbocycles. The van der Waals surface area contributed by atoms with Gasteiger partial charge in [0.1, 0.15) is 0 Å². The molecule has 1 aromatic rings. The van der Waals surface area contributed by atoms with E-state index in [4.69, 9.17) is 25.3 Å². The Labute approximate surface area is 177 Å². The van der Waals surface area contributed by atoms with Crippen LogP contribution in [0.25, 0.3) is 0 Å². The highest BCUT2D eigenvalue weighted by Crippen LogP contribution is 2.39. The van der Waals surface area contributed by atoms with Crippen molar-refractivity contribution in [3.8, 4) is 0 Å². The van der Waals surface area contributed by atoms with E-state index in [-0.39, 0.29) is 10.8 Å². The molecular weight excluding hydrogens is 372 g/mol. The highest BCUT2D eigenvalue weighted by molar-refractivity contribution is 8.00. The van der Waals surface area contributed by atoms with Crippen LogP contribution in [0, 0.1) is 0 Å². The Balaban J connectivity index is 2.27. The van der Waals surface area contributed by atoms with Gasteiger partial charge in [-0.2, -0.15) is 24.4 Å². The van der Waals surface area contributed by atoms with E-state index in [9.17, 15) is 0 Å². The Kier molecular flexibility index (Phi) is 7.96. The first-order valence-electron chi connectivity index (χ1n) is 10.2. The number of thioether (sulfide) groups is 1. The van der Waals surface area contributed by atoms with Crippen molar-refractivity contribution < 1.29 is 0 Å². The lowest BCUT2D eigenvalue weighted by molar-refractivity contribution is 0.522. The monoisotopic (exact) mass is 410 g/mol. The molecule has 0 aromatic heterocycles. The van der Waals surface area contributed by atoms with Crippen molar-refractivity contribution in [1.82, 2.24) is 0 Å². The number of rotatable bonds is 3. The molecule has 0 spiro atoms. The predicted octanol–water partition coefficient (Wildman–Crippen LogP) is 7.82. The first kappa shape index (κ1) is 22.6. The van der Waals surface area contributed by atoms with Crippen molar-refractivity contribution in [2.75, 3.05) is 0 Å². The maximum atomic E-state index is 4.97. The summed E-state index contributed by atoms with van der Waals surface area (Å²) in [4.78, 5) is 1.19. The van der Waals surface area contributed by atoms with Gasteiger partial charge in [0.25, 0.3) is 0 Å². The van der Waals surface area contributed by atoms with Crippen molar-refractivity contribution in [3.63, 3.8) is 0 Å². The van der Waals surface area contributed by atoms with Crippen LogP contribution in [0.3, 0.4) is 0 Å². The second-order valence-electron chi connectivity index (χ2n) is 9.94. The molecule has 0 N–H and O–H groups in total. The van der Waals surface area contributed by atoms with Crippen LogP contribution in [0.15, 0.2) is 17.0 Å². The van der Waals surface area contributed by atoms with Crippen LogP contribution >= 0.6 is 37.0 Å². The lowest BCUT2D eigenvalue weighted by atomic mass is 9.79. The standard InChI is InChI=1S/C23H38S3/c1-22(2,3)17-13-16(21(25)18(14-17)23(4,5)6)15-26-20-12-10-8-7-9-11-19(20)24/h13-14,19-20,24-25H,7-12,15H2,1-6H3/t19-,20-/m0/s1. The highest BCUT2D eigenvalue weighted by atomic mass is 32.2. The molecule has 0 heterocycles. The molecule has 0 aliphatic heterocycles. The van der Waals surface area contributed by atoms with Gasteiger partial charge in [-0.05, 0) is 40.4 Å². The molecule has 2 atom stereocenters. The van der Waals surface area contributed by atoms with Crippen molar-refractivity contribution in [1.29, 1.82) is 0 Å². The first-order chi connectivity index (χ1) is 12.0. The molecule has 148 valence electrons. The van der Waals surface area contributed by atoms with Gasteiger partial charge < -0.3 is 0 Å². The molecule has 0 saturated heterocycles. The average Bonchev–Trinajstić information content (AvgIpc) is 2.49. The fraction of sp³-hybridized carbons (Fsp3) is 0.739. The Hall–Kier alpha value is 0.270. The van der Waals surface area contributed by atoms with E-state index in [2.05, 4.69) is 65.4 Å². The lowest BCUT2D eigenvalue weighted by Crippen LogP contribution is -2.21. The third-order valence-electron chi connectivity index (χ3n) is 5.48. The smallest absolute Gasteiger partial charge is 0.0198 e. The number of benzene rings is 1. The predicted molar refractivity (Wildman–Crippen MR) is 127 cm³/mol. The summed E-state index contributed by atoms with van der Waals surface area (Å²) in [5, 5.41) is 1.21. The van der Waals surface area contributed by atoms with Gasteiger partial charge in [-0.15, -0.1) is 12.6 Å². The van der Waals surface area contributed by atoms with Crippen LogP contribution in [-0.2, 0) is 16.6 Å². The van der Waals surface area contributed by atoms with Crippen LogP contribution in [0.5, 0.6) is 0 Å². The van der Waals surface area contributed by atoms with E-state index in [1.807, 2.05) is 0 Å². The number of hydrogen-bond acceptors (Lipinski definition) is 3. The van der Waals surface area contributed by atoms with E-state index in [1.54, 1.807) is 0 Å². The summed E-state index contributed by atoms with van der Waals surface area (Å²) in [5.41, 5.74) is 4.48. The zero-order valence-corrected chi connectivity index (χ0v) is 20.2. The Bertz CT molecular complexity index is 593. The summed E-state index contributed by atoms with van der Waals surface area (Å²) in [6, 6.07) is 4.79. The van der Waals surface area contributed by atoms with Crippen molar-refractivity contribution >= 4 is 37.0 Å². The zero-order chi connectivity index (χ0) is 19.5. The van der Waals surface area contributed by atoms with Gasteiger partial charge in [0.2, 0.25) is 0 Å². The summed E-state index contributed by atoms with van der Waals surface area (Å²) >= 11 is 12.0. The largest absolute Gasteiger partial charge is 0.175 e.